The number of rotatable bonds is 23. The van der Waals surface area contributed by atoms with Crippen molar-refractivity contribution in [3.05, 3.63) is 171 Å². The highest BCUT2D eigenvalue weighted by molar-refractivity contribution is 6.30. The maximum atomic E-state index is 15.8. The quantitative estimate of drug-likeness (QED) is 0.0439. The number of amides is 6. The minimum Gasteiger partial charge on any atom is -0.497 e. The molecule has 6 amide bonds. The molecule has 0 radical (unpaired) electrons. The van der Waals surface area contributed by atoms with E-state index in [1.165, 1.54) is 28.3 Å². The van der Waals surface area contributed by atoms with Crippen molar-refractivity contribution in [2.75, 3.05) is 133 Å². The number of piperazine rings is 2. The molecule has 6 aromatic rings. The lowest BCUT2D eigenvalue weighted by Crippen LogP contribution is -2.66. The fourth-order valence-electron chi connectivity index (χ4n) is 15.9. The van der Waals surface area contributed by atoms with E-state index in [0.717, 1.165) is 106 Å². The number of ether oxygens (including phenoxy) is 2. The van der Waals surface area contributed by atoms with Gasteiger partial charge in [-0.05, 0) is 167 Å². The van der Waals surface area contributed by atoms with Crippen molar-refractivity contribution in [1.82, 2.24) is 55.3 Å². The van der Waals surface area contributed by atoms with E-state index in [-0.39, 0.29) is 79.0 Å². The molecule has 0 saturated carbocycles. The van der Waals surface area contributed by atoms with Crippen LogP contribution in [0.4, 0.5) is 30.9 Å². The van der Waals surface area contributed by atoms with Crippen molar-refractivity contribution in [3.63, 3.8) is 0 Å². The molecule has 6 saturated heterocycles. The van der Waals surface area contributed by atoms with Crippen LogP contribution >= 0.6 is 23.2 Å². The Morgan fingerprint density at radius 2 is 1.38 bits per heavy atom. The van der Waals surface area contributed by atoms with Crippen LogP contribution in [0.5, 0.6) is 11.5 Å². The first-order valence-electron chi connectivity index (χ1n) is 36.5. The van der Waals surface area contributed by atoms with Gasteiger partial charge in [0.05, 0.1) is 55.7 Å². The number of amidine groups is 1. The van der Waals surface area contributed by atoms with Gasteiger partial charge in [-0.1, -0.05) is 85.6 Å². The highest BCUT2D eigenvalue weighted by Gasteiger charge is 2.48. The standard InChI is InChI=1S/C78H95Cl2F2N15O7/c1-52(2)104-65-38-60(103-5)18-19-61(65)74-88-72(55-10-14-58(79)15-11-55)73(56-12-16-59(80)17-13-56)97(74)75(102)95-35-34-94(71(101)47-95)45-69(99)83-26-7-27-91-30-22-77(48-91)23-31-92(49-77)44-68(98)85-42-54-9-6-8-53(36-54)41-84-66-40-67(87-51-86-66)93-32-24-78(25-33-93)50-96(46-70(100)89-78)64-39-62(81)57(37-63(64)82)43-90-28-20-76(3,4)21-29-90/h6,8-19,36-40,51-52,72-73H,7,20-35,41-50H2,1-5H3,(H,83,99)(H,85,98)(H,89,100)(H,84,86,87)/t72-,73+,77+/m0/s1. The molecule has 552 valence electrons. The molecule has 13 rings (SSSR count). The van der Waals surface area contributed by atoms with E-state index in [1.54, 1.807) is 53.3 Å². The van der Waals surface area contributed by atoms with Gasteiger partial charge in [-0.25, -0.2) is 23.5 Å². The third-order valence-corrected chi connectivity index (χ3v) is 22.2. The number of methoxy groups -OCH3 is 1. The summed E-state index contributed by atoms with van der Waals surface area (Å²) < 4.78 is 43.4. The average molecular weight is 1460 g/mol. The monoisotopic (exact) mass is 1460 g/mol. The normalized spacial score (nSPS) is 21.4. The zero-order valence-electron chi connectivity index (χ0n) is 60.1. The average Bonchev–Trinajstić information content (AvgIpc) is 1.22. The molecule has 0 bridgehead atoms. The summed E-state index contributed by atoms with van der Waals surface area (Å²) in [7, 11) is 1.58. The third kappa shape index (κ3) is 17.6. The number of nitrogens with zero attached hydrogens (tertiary/aromatic N) is 11. The van der Waals surface area contributed by atoms with Crippen LogP contribution in [-0.4, -0.2) is 205 Å². The van der Waals surface area contributed by atoms with E-state index in [9.17, 15) is 19.2 Å². The third-order valence-electron chi connectivity index (χ3n) is 21.7. The number of carbonyl (C=O) groups is 5. The zero-order valence-corrected chi connectivity index (χ0v) is 61.6. The summed E-state index contributed by atoms with van der Waals surface area (Å²) >= 11 is 12.8. The molecule has 6 fully saturated rings. The Hall–Kier alpha value is -8.68. The smallest absolute Gasteiger partial charge is 0.326 e. The van der Waals surface area contributed by atoms with Crippen molar-refractivity contribution in [1.29, 1.82) is 0 Å². The van der Waals surface area contributed by atoms with Gasteiger partial charge >= 0.3 is 6.03 Å². The lowest BCUT2D eigenvalue weighted by molar-refractivity contribution is -0.139. The van der Waals surface area contributed by atoms with Crippen molar-refractivity contribution in [2.45, 2.75) is 116 Å². The van der Waals surface area contributed by atoms with Gasteiger partial charge in [0.25, 0.3) is 0 Å². The van der Waals surface area contributed by atoms with E-state index in [2.05, 4.69) is 70.7 Å². The van der Waals surface area contributed by atoms with Crippen LogP contribution in [-0.2, 0) is 38.8 Å². The van der Waals surface area contributed by atoms with Crippen LogP contribution in [0.15, 0.2) is 121 Å². The van der Waals surface area contributed by atoms with Gasteiger partial charge in [-0.2, -0.15) is 0 Å². The topological polar surface area (TPSA) is 216 Å². The first-order chi connectivity index (χ1) is 50.0. The Bertz CT molecular complexity index is 4140. The van der Waals surface area contributed by atoms with Crippen LogP contribution in [0.25, 0.3) is 0 Å². The summed E-state index contributed by atoms with van der Waals surface area (Å²) in [6.07, 6.45) is 7.33. The molecule has 3 atom stereocenters. The Morgan fingerprint density at radius 1 is 0.692 bits per heavy atom. The highest BCUT2D eigenvalue weighted by atomic mass is 35.5. The fraction of sp³-hybridized carbons (Fsp3) is 0.487. The lowest BCUT2D eigenvalue weighted by atomic mass is 9.82. The van der Waals surface area contributed by atoms with Crippen LogP contribution in [0.3, 0.4) is 0 Å². The molecule has 2 spiro atoms. The number of likely N-dealkylation sites (tertiary alicyclic amines) is 3. The van der Waals surface area contributed by atoms with Crippen LogP contribution in [0, 0.1) is 22.5 Å². The predicted molar refractivity (Wildman–Crippen MR) is 398 cm³/mol. The number of carbonyl (C=O) groups excluding carboxylic acids is 5. The summed E-state index contributed by atoms with van der Waals surface area (Å²) in [5, 5.41) is 13.9. The van der Waals surface area contributed by atoms with Crippen molar-refractivity contribution in [3.8, 4) is 11.5 Å². The number of nitrogens with one attached hydrogen (secondary N) is 4. The molecule has 1 aromatic heterocycles. The summed E-state index contributed by atoms with van der Waals surface area (Å²) in [4.78, 5) is 99.1. The van der Waals surface area contributed by atoms with E-state index < -0.39 is 35.3 Å². The first-order valence-corrected chi connectivity index (χ1v) is 37.2. The molecule has 7 aliphatic rings. The van der Waals surface area contributed by atoms with E-state index in [1.807, 2.05) is 68.4 Å². The molecule has 5 aromatic carbocycles. The second-order valence-corrected chi connectivity index (χ2v) is 31.1. The number of aliphatic imine (C=N–C) groups is 1. The van der Waals surface area contributed by atoms with Gasteiger partial charge in [-0.3, -0.25) is 38.9 Å². The lowest BCUT2D eigenvalue weighted by Gasteiger charge is -2.48. The number of halogens is 4. The Balaban J connectivity index is 0.526. The maximum absolute atomic E-state index is 15.8. The van der Waals surface area contributed by atoms with Crippen LogP contribution in [0.1, 0.15) is 118 Å². The highest BCUT2D eigenvalue weighted by Crippen LogP contribution is 2.47. The first kappa shape index (κ1) is 73.6. The number of piperidine rings is 2. The summed E-state index contributed by atoms with van der Waals surface area (Å²) in [6, 6.07) is 31.1. The van der Waals surface area contributed by atoms with Crippen LogP contribution in [0.2, 0.25) is 10.0 Å². The number of urea groups is 1. The number of anilines is 3. The molecule has 0 aliphatic carbocycles. The molecular weight excluding hydrogens is 1370 g/mol. The minimum absolute atomic E-state index is 0.0226. The molecular formula is C78H95Cl2F2N15O7. The number of benzene rings is 5. The van der Waals surface area contributed by atoms with Gasteiger partial charge in [0.15, 0.2) is 0 Å². The van der Waals surface area contributed by atoms with Gasteiger partial charge in [0, 0.05) is 106 Å². The SMILES string of the molecule is COc1ccc(C2=N[C@@H](c3ccc(Cl)cc3)[C@@H](c3ccc(Cl)cc3)N2C(=O)N2CCN(CC(=O)NCCCN3CC[C@@]4(CCN(CC(=O)NCc5cccc(CNc6cc(N7CCC8(CC7)CN(c7cc(F)c(CN9CCC(C)(C)CC9)cc7F)CC(=O)N8)ncn6)c5)C4)C3)C(=O)C2)c(OC(C)C)c1. The minimum atomic E-state index is -0.655. The Labute approximate surface area is 617 Å². The van der Waals surface area contributed by atoms with E-state index >= 15 is 13.6 Å². The molecule has 0 unspecified atom stereocenters. The van der Waals surface area contributed by atoms with Gasteiger partial charge in [0.2, 0.25) is 23.6 Å². The predicted octanol–water partition coefficient (Wildman–Crippen LogP) is 10.1. The van der Waals surface area contributed by atoms with Crippen LogP contribution < -0.4 is 40.5 Å². The zero-order chi connectivity index (χ0) is 72.9. The molecule has 4 N–H and O–H groups in total. The second kappa shape index (κ2) is 32.0. The molecule has 26 heteroatoms. The van der Waals surface area contributed by atoms with Crippen molar-refractivity contribution >= 4 is 76.0 Å². The fourth-order valence-corrected chi connectivity index (χ4v) is 16.1. The second-order valence-electron chi connectivity index (χ2n) is 30.3. The van der Waals surface area contributed by atoms with Gasteiger partial charge in [-0.15, -0.1) is 0 Å². The largest absolute Gasteiger partial charge is 0.497 e. The van der Waals surface area contributed by atoms with Gasteiger partial charge in [0.1, 0.15) is 59.5 Å². The van der Waals surface area contributed by atoms with Gasteiger partial charge < -0.3 is 55.2 Å². The van der Waals surface area contributed by atoms with Crippen molar-refractivity contribution < 1.29 is 42.2 Å². The number of hydrogen-bond donors (Lipinski definition) is 4. The summed E-state index contributed by atoms with van der Waals surface area (Å²) in [5.41, 5.74) is 4.40. The number of hydrogen-bond acceptors (Lipinski definition) is 16. The van der Waals surface area contributed by atoms with Crippen molar-refractivity contribution in [2.24, 2.45) is 15.8 Å². The Kier molecular flexibility index (Phi) is 22.6. The molecule has 22 nitrogen and oxygen atoms in total. The summed E-state index contributed by atoms with van der Waals surface area (Å²) in [6.45, 7) is 17.9. The maximum Gasteiger partial charge on any atom is 0.326 e. The van der Waals surface area contributed by atoms with E-state index in [0.29, 0.717) is 110 Å². The molecule has 104 heavy (non-hydrogen) atoms. The summed E-state index contributed by atoms with van der Waals surface area (Å²) in [5.74, 6) is 1.01. The molecule has 7 aliphatic heterocycles. The van der Waals surface area contributed by atoms with E-state index in [4.69, 9.17) is 37.7 Å². The molecule has 8 heterocycles. The number of aromatic nitrogens is 2. The Morgan fingerprint density at radius 3 is 2.11 bits per heavy atom.